The lowest BCUT2D eigenvalue weighted by atomic mass is 10.0. The Balaban J connectivity index is 2.78. The van der Waals surface area contributed by atoms with Gasteiger partial charge in [0.25, 0.3) is 0 Å². The van der Waals surface area contributed by atoms with Crippen molar-refractivity contribution < 1.29 is 28.8 Å². The zero-order chi connectivity index (χ0) is 19.2. The van der Waals surface area contributed by atoms with Crippen LogP contribution in [0.2, 0.25) is 5.02 Å². The van der Waals surface area contributed by atoms with Gasteiger partial charge in [-0.3, -0.25) is 14.4 Å². The fourth-order valence-electron chi connectivity index (χ4n) is 1.63. The van der Waals surface area contributed by atoms with Gasteiger partial charge in [-0.15, -0.1) is 0 Å². The molecule has 0 radical (unpaired) electrons. The Morgan fingerprint density at radius 2 is 1.88 bits per heavy atom. The van der Waals surface area contributed by atoms with Crippen LogP contribution in [0.4, 0.5) is 5.69 Å². The Kier molecular flexibility index (Phi) is 9.02. The highest BCUT2D eigenvalue weighted by Crippen LogP contribution is 2.45. The van der Waals surface area contributed by atoms with Crippen LogP contribution in [0.3, 0.4) is 0 Å². The Bertz CT molecular complexity index is 670. The monoisotopic (exact) mass is 581 g/mol. The number of benzene rings is 1. The molecule has 0 aliphatic heterocycles. The SMILES string of the molecule is O=C(O)CC(CC(=O)Nc1cc(OSC(Br)(Br)Br)ccc1Cl)C(=O)O. The van der Waals surface area contributed by atoms with Crippen molar-refractivity contribution in [1.82, 2.24) is 0 Å². The second-order valence-electron chi connectivity index (χ2n) is 4.64. The molecule has 12 heteroatoms. The van der Waals surface area contributed by atoms with Gasteiger partial charge in [-0.25, -0.2) is 0 Å². The van der Waals surface area contributed by atoms with Gasteiger partial charge in [0, 0.05) is 12.5 Å². The average molecular weight is 584 g/mol. The van der Waals surface area contributed by atoms with Crippen molar-refractivity contribution in [2.75, 3.05) is 5.32 Å². The summed E-state index contributed by atoms with van der Waals surface area (Å²) in [7, 11) is 0. The molecule has 0 fully saturated rings. The third kappa shape index (κ3) is 9.13. The molecular formula is C13H11Br3ClNO6S. The molecule has 0 saturated carbocycles. The molecule has 25 heavy (non-hydrogen) atoms. The van der Waals surface area contributed by atoms with Crippen LogP contribution in [0.5, 0.6) is 5.75 Å². The Morgan fingerprint density at radius 3 is 2.40 bits per heavy atom. The summed E-state index contributed by atoms with van der Waals surface area (Å²) in [5.74, 6) is -4.28. The molecule has 138 valence electrons. The van der Waals surface area contributed by atoms with Crippen molar-refractivity contribution in [3.8, 4) is 5.75 Å². The maximum absolute atomic E-state index is 12.0. The fourth-order valence-corrected chi connectivity index (χ4v) is 2.68. The molecule has 1 atom stereocenters. The fraction of sp³-hybridized carbons (Fsp3) is 0.308. The minimum Gasteiger partial charge on any atom is -0.481 e. The van der Waals surface area contributed by atoms with E-state index in [2.05, 4.69) is 53.1 Å². The molecular weight excluding hydrogens is 573 g/mol. The topological polar surface area (TPSA) is 113 Å². The van der Waals surface area contributed by atoms with E-state index in [4.69, 9.17) is 26.0 Å². The first-order chi connectivity index (χ1) is 11.5. The molecule has 1 unspecified atom stereocenters. The van der Waals surface area contributed by atoms with E-state index >= 15 is 0 Å². The quantitative estimate of drug-likeness (QED) is 0.301. The third-order valence-electron chi connectivity index (χ3n) is 2.65. The number of carboxylic acids is 2. The normalized spacial score (nSPS) is 12.3. The van der Waals surface area contributed by atoms with Gasteiger partial charge in [0.1, 0.15) is 5.75 Å². The number of amides is 1. The smallest absolute Gasteiger partial charge is 0.307 e. The zero-order valence-electron chi connectivity index (χ0n) is 12.2. The zero-order valence-corrected chi connectivity index (χ0v) is 18.5. The first-order valence-electron chi connectivity index (χ1n) is 6.44. The number of carboxylic acid groups (broad SMARTS) is 2. The number of carbonyl (C=O) groups is 3. The highest BCUT2D eigenvalue weighted by molar-refractivity contribution is 9.42. The van der Waals surface area contributed by atoms with Crippen LogP contribution in [0.25, 0.3) is 0 Å². The first-order valence-corrected chi connectivity index (χ1v) is 9.94. The van der Waals surface area contributed by atoms with E-state index in [-0.39, 0.29) is 10.7 Å². The van der Waals surface area contributed by atoms with Gasteiger partial charge < -0.3 is 19.7 Å². The van der Waals surface area contributed by atoms with E-state index in [0.717, 1.165) is 12.0 Å². The number of alkyl halides is 3. The Morgan fingerprint density at radius 1 is 1.24 bits per heavy atom. The summed E-state index contributed by atoms with van der Waals surface area (Å²) < 4.78 is 4.72. The van der Waals surface area contributed by atoms with Crippen LogP contribution in [0, 0.1) is 5.92 Å². The standard InChI is InChI=1S/C13H11Br3ClNO6S/c14-13(15,16)25-24-7-1-2-8(17)9(5-7)18-10(19)3-6(12(22)23)4-11(20)21/h1-2,5-6H,3-4H2,(H,18,19)(H,20,21)(H,22,23). The second kappa shape index (κ2) is 10.0. The number of hydrogen-bond donors (Lipinski definition) is 3. The van der Waals surface area contributed by atoms with Gasteiger partial charge in [0.05, 0.1) is 35.1 Å². The van der Waals surface area contributed by atoms with Crippen LogP contribution in [-0.4, -0.2) is 29.5 Å². The molecule has 0 bridgehead atoms. The van der Waals surface area contributed by atoms with Crippen LogP contribution in [0.15, 0.2) is 18.2 Å². The van der Waals surface area contributed by atoms with Crippen LogP contribution < -0.4 is 9.50 Å². The lowest BCUT2D eigenvalue weighted by Gasteiger charge is -2.14. The molecule has 1 rings (SSSR count). The molecule has 1 aromatic rings. The highest BCUT2D eigenvalue weighted by atomic mass is 80.0. The molecule has 0 saturated heterocycles. The lowest BCUT2D eigenvalue weighted by molar-refractivity contribution is -0.149. The summed E-state index contributed by atoms with van der Waals surface area (Å²) in [6, 6.07) is 4.53. The summed E-state index contributed by atoms with van der Waals surface area (Å²) in [5.41, 5.74) is 0.216. The van der Waals surface area contributed by atoms with Gasteiger partial charge in [-0.2, -0.15) is 0 Å². The molecule has 1 aromatic carbocycles. The van der Waals surface area contributed by atoms with Crippen molar-refractivity contribution in [3.05, 3.63) is 23.2 Å². The summed E-state index contributed by atoms with van der Waals surface area (Å²) in [4.78, 5) is 33.7. The maximum Gasteiger partial charge on any atom is 0.307 e. The summed E-state index contributed by atoms with van der Waals surface area (Å²) in [6.45, 7) is 0. The number of halogens is 4. The molecule has 0 spiro atoms. The minimum atomic E-state index is -1.36. The first kappa shape index (κ1) is 22.6. The van der Waals surface area contributed by atoms with E-state index < -0.39 is 38.1 Å². The number of hydrogen-bond acceptors (Lipinski definition) is 5. The number of aliphatic carboxylic acids is 2. The van der Waals surface area contributed by atoms with E-state index in [1.54, 1.807) is 6.07 Å². The lowest BCUT2D eigenvalue weighted by Crippen LogP contribution is -2.24. The van der Waals surface area contributed by atoms with Crippen molar-refractivity contribution in [2.24, 2.45) is 5.92 Å². The van der Waals surface area contributed by atoms with Gasteiger partial charge in [0.15, 0.2) is 0 Å². The molecule has 0 heterocycles. The van der Waals surface area contributed by atoms with Crippen LogP contribution in [-0.2, 0) is 14.4 Å². The number of nitrogens with one attached hydrogen (secondary N) is 1. The predicted octanol–water partition coefficient (Wildman–Crippen LogP) is 4.67. The molecule has 1 amide bonds. The molecule has 0 aliphatic rings. The summed E-state index contributed by atoms with van der Waals surface area (Å²) in [6.07, 6.45) is -1.15. The Labute approximate surface area is 177 Å². The van der Waals surface area contributed by atoms with E-state index in [0.29, 0.717) is 5.75 Å². The van der Waals surface area contributed by atoms with Crippen LogP contribution in [0.1, 0.15) is 12.8 Å². The number of rotatable bonds is 8. The van der Waals surface area contributed by atoms with E-state index in [1.807, 2.05) is 0 Å². The largest absolute Gasteiger partial charge is 0.481 e. The number of carbonyl (C=O) groups excluding carboxylic acids is 1. The van der Waals surface area contributed by atoms with E-state index in [9.17, 15) is 14.4 Å². The van der Waals surface area contributed by atoms with Crippen LogP contribution >= 0.6 is 71.4 Å². The Hall–Kier alpha value is -0.490. The highest BCUT2D eigenvalue weighted by Gasteiger charge is 2.25. The molecule has 7 nitrogen and oxygen atoms in total. The molecule has 0 aliphatic carbocycles. The minimum absolute atomic E-state index is 0.216. The molecule has 0 aromatic heterocycles. The second-order valence-corrected chi connectivity index (χ2v) is 14.3. The summed E-state index contributed by atoms with van der Waals surface area (Å²) in [5, 5.41) is 20.3. The van der Waals surface area contributed by atoms with Crippen molar-refractivity contribution in [3.63, 3.8) is 0 Å². The third-order valence-corrected chi connectivity index (χ3v) is 4.63. The number of anilines is 1. The average Bonchev–Trinajstić information content (AvgIpc) is 2.46. The van der Waals surface area contributed by atoms with Crippen molar-refractivity contribution in [2.45, 2.75) is 14.3 Å². The van der Waals surface area contributed by atoms with Gasteiger partial charge in [-0.1, -0.05) is 11.6 Å². The van der Waals surface area contributed by atoms with Crippen molar-refractivity contribution >= 4 is 95.0 Å². The molecule has 3 N–H and O–H groups in total. The van der Waals surface area contributed by atoms with E-state index in [1.165, 1.54) is 12.1 Å². The predicted molar refractivity (Wildman–Crippen MR) is 106 cm³/mol. The van der Waals surface area contributed by atoms with Crippen molar-refractivity contribution in [1.29, 1.82) is 0 Å². The van der Waals surface area contributed by atoms with Gasteiger partial charge in [0.2, 0.25) is 7.38 Å². The maximum atomic E-state index is 12.0. The van der Waals surface area contributed by atoms with Gasteiger partial charge >= 0.3 is 11.9 Å². The van der Waals surface area contributed by atoms with Gasteiger partial charge in [-0.05, 0) is 59.9 Å². The summed E-state index contributed by atoms with van der Waals surface area (Å²) >= 11 is 16.7.